The minimum Gasteiger partial charge on any atom is -0.407 e. The largest absolute Gasteiger partial charge is 2.00 e. The number of pyridine rings is 1. The zero-order valence-corrected chi connectivity index (χ0v) is 24.1. The van der Waals surface area contributed by atoms with E-state index in [0.29, 0.717) is 11.9 Å². The maximum Gasteiger partial charge on any atom is 2.00 e. The first-order chi connectivity index (χ1) is 19.8. The first kappa shape index (κ1) is 26.4. The van der Waals surface area contributed by atoms with E-state index in [-0.39, 0.29) is 21.1 Å². The van der Waals surface area contributed by atoms with Crippen molar-refractivity contribution >= 4 is 11.0 Å². The van der Waals surface area contributed by atoms with E-state index in [1.807, 2.05) is 78.9 Å². The van der Waals surface area contributed by atoms with Gasteiger partial charge in [0.2, 0.25) is 5.88 Å². The van der Waals surface area contributed by atoms with Crippen LogP contribution >= 0.6 is 0 Å². The number of para-hydroxylation sites is 2. The van der Waals surface area contributed by atoms with Gasteiger partial charge in [-0.3, -0.25) is 9.55 Å². The molecule has 0 aliphatic carbocycles. The summed E-state index contributed by atoms with van der Waals surface area (Å²) in [5, 5.41) is 0. The number of ether oxygens (including phenoxy) is 1. The first-order valence-electron chi connectivity index (χ1n) is 13.1. The summed E-state index contributed by atoms with van der Waals surface area (Å²) >= 11 is 0. The van der Waals surface area contributed by atoms with Crippen LogP contribution in [-0.4, -0.2) is 14.5 Å². The van der Waals surface area contributed by atoms with Crippen molar-refractivity contribution < 1.29 is 25.8 Å². The van der Waals surface area contributed by atoms with E-state index in [1.165, 1.54) is 0 Å². The van der Waals surface area contributed by atoms with Gasteiger partial charge >= 0.3 is 27.1 Å². The molecule has 5 heteroatoms. The smallest absolute Gasteiger partial charge is 0.407 e. The molecule has 0 aliphatic heterocycles. The molecule has 0 amide bonds. The molecule has 0 bridgehead atoms. The summed E-state index contributed by atoms with van der Waals surface area (Å²) < 4.78 is 8.59. The summed E-state index contributed by atoms with van der Waals surface area (Å²) in [6, 6.07) is 53.4. The Morgan fingerprint density at radius 1 is 0.561 bits per heavy atom. The Morgan fingerprint density at radius 3 is 2.02 bits per heavy atom. The molecule has 0 radical (unpaired) electrons. The fourth-order valence-electron chi connectivity index (χ4n) is 4.96. The molecule has 4 nitrogen and oxygen atoms in total. The van der Waals surface area contributed by atoms with Crippen molar-refractivity contribution in [3.63, 3.8) is 0 Å². The van der Waals surface area contributed by atoms with E-state index in [0.717, 1.165) is 50.2 Å². The van der Waals surface area contributed by atoms with Crippen LogP contribution in [0.2, 0.25) is 0 Å². The maximum atomic E-state index is 6.51. The van der Waals surface area contributed by atoms with Crippen LogP contribution in [0.1, 0.15) is 0 Å². The Labute approximate surface area is 253 Å². The molecule has 5 aromatic carbocycles. The van der Waals surface area contributed by atoms with E-state index in [9.17, 15) is 0 Å². The second-order valence-electron chi connectivity index (χ2n) is 9.30. The average Bonchev–Trinajstić information content (AvgIpc) is 3.40. The number of benzene rings is 5. The van der Waals surface area contributed by atoms with Gasteiger partial charge in [0, 0.05) is 5.56 Å². The van der Waals surface area contributed by atoms with Crippen LogP contribution in [0.3, 0.4) is 0 Å². The Morgan fingerprint density at radius 2 is 1.24 bits per heavy atom. The third-order valence-corrected chi connectivity index (χ3v) is 6.79. The Hall–Kier alpha value is -4.79. The molecule has 7 aromatic rings. The van der Waals surface area contributed by atoms with Crippen molar-refractivity contribution in [2.75, 3.05) is 0 Å². The number of hydrogen-bond donors (Lipinski definition) is 0. The predicted molar refractivity (Wildman–Crippen MR) is 159 cm³/mol. The molecule has 0 fully saturated rings. The van der Waals surface area contributed by atoms with Gasteiger partial charge in [-0.2, -0.15) is 0 Å². The normalized spacial score (nSPS) is 10.7. The fourth-order valence-corrected chi connectivity index (χ4v) is 4.96. The van der Waals surface area contributed by atoms with Crippen molar-refractivity contribution in [1.82, 2.24) is 14.5 Å². The quantitative estimate of drug-likeness (QED) is 0.162. The minimum absolute atomic E-state index is 0. The van der Waals surface area contributed by atoms with Gasteiger partial charge in [-0.05, 0) is 29.5 Å². The predicted octanol–water partition coefficient (Wildman–Crippen LogP) is 8.81. The van der Waals surface area contributed by atoms with Crippen LogP contribution in [0.5, 0.6) is 11.9 Å². The molecule has 0 aliphatic rings. The van der Waals surface area contributed by atoms with Gasteiger partial charge in [0.05, 0.1) is 16.7 Å². The summed E-state index contributed by atoms with van der Waals surface area (Å²) in [6.45, 7) is 0. The van der Waals surface area contributed by atoms with Gasteiger partial charge in [0.1, 0.15) is 0 Å². The summed E-state index contributed by atoms with van der Waals surface area (Å²) in [4.78, 5) is 9.86. The van der Waals surface area contributed by atoms with Crippen LogP contribution < -0.4 is 4.74 Å². The molecule has 7 rings (SSSR count). The molecule has 0 saturated carbocycles. The number of imidazole rings is 1. The summed E-state index contributed by atoms with van der Waals surface area (Å²) in [6.07, 6.45) is 0. The Kier molecular flexibility index (Phi) is 7.58. The van der Waals surface area contributed by atoms with Gasteiger partial charge < -0.3 is 4.74 Å². The van der Waals surface area contributed by atoms with Crippen molar-refractivity contribution in [3.05, 3.63) is 152 Å². The molecule has 0 atom stereocenters. The summed E-state index contributed by atoms with van der Waals surface area (Å²) in [5.41, 5.74) is 8.55. The van der Waals surface area contributed by atoms with Crippen molar-refractivity contribution in [3.8, 4) is 51.1 Å². The number of nitrogens with zero attached hydrogens (tertiary/aromatic N) is 3. The molecule has 0 spiro atoms. The van der Waals surface area contributed by atoms with Crippen LogP contribution in [0.15, 0.2) is 140 Å². The van der Waals surface area contributed by atoms with Crippen LogP contribution in [0.4, 0.5) is 0 Å². The van der Waals surface area contributed by atoms with E-state index in [4.69, 9.17) is 14.7 Å². The maximum absolute atomic E-state index is 6.51. The van der Waals surface area contributed by atoms with Gasteiger partial charge in [-0.1, -0.05) is 78.4 Å². The van der Waals surface area contributed by atoms with Crippen molar-refractivity contribution in [2.45, 2.75) is 0 Å². The van der Waals surface area contributed by atoms with E-state index < -0.39 is 0 Å². The first-order valence-corrected chi connectivity index (χ1v) is 13.1. The third-order valence-electron chi connectivity index (χ3n) is 6.79. The average molecular weight is 709 g/mol. The summed E-state index contributed by atoms with van der Waals surface area (Å²) in [5.74, 6) is 0.455. The van der Waals surface area contributed by atoms with Gasteiger partial charge in [-0.15, -0.1) is 71.8 Å². The minimum atomic E-state index is 0. The number of aromatic nitrogens is 3. The van der Waals surface area contributed by atoms with Crippen molar-refractivity contribution in [2.24, 2.45) is 0 Å². The molecule has 198 valence electrons. The van der Waals surface area contributed by atoms with Gasteiger partial charge in [0.15, 0.2) is 0 Å². The van der Waals surface area contributed by atoms with Gasteiger partial charge in [0.25, 0.3) is 0 Å². The number of fused-ring (bicyclic) bond motifs is 1. The Balaban J connectivity index is 0.00000302. The molecule has 0 N–H and O–H groups in total. The molecule has 0 unspecified atom stereocenters. The topological polar surface area (TPSA) is 39.9 Å². The van der Waals surface area contributed by atoms with Crippen molar-refractivity contribution in [1.29, 1.82) is 0 Å². The molecule has 2 heterocycles. The zero-order valence-electron chi connectivity index (χ0n) is 21.8. The van der Waals surface area contributed by atoms with Crippen LogP contribution in [-0.2, 0) is 21.1 Å². The molecule has 41 heavy (non-hydrogen) atoms. The van der Waals surface area contributed by atoms with Crippen LogP contribution in [0, 0.1) is 12.1 Å². The number of rotatable bonds is 6. The summed E-state index contributed by atoms with van der Waals surface area (Å²) in [7, 11) is 0. The molecular formula is C36H23N3OPt. The molecule has 2 aromatic heterocycles. The SMILES string of the molecule is [Pt+2].[c-]1ccccc1-c1cccc(Oc2nc3c(-c4[c-]cccc4)cccc3n2-c2ccccc2-c2ccccc2)n1. The fraction of sp³-hybridized carbons (Fsp3) is 0. The third kappa shape index (κ3) is 5.22. The molecular weight excluding hydrogens is 685 g/mol. The van der Waals surface area contributed by atoms with E-state index in [2.05, 4.69) is 77.4 Å². The van der Waals surface area contributed by atoms with Crippen LogP contribution in [0.25, 0.3) is 50.2 Å². The van der Waals surface area contributed by atoms with E-state index in [1.54, 1.807) is 0 Å². The van der Waals surface area contributed by atoms with E-state index >= 15 is 0 Å². The van der Waals surface area contributed by atoms with Gasteiger partial charge in [-0.25, -0.2) is 4.98 Å². The molecule has 0 saturated heterocycles. The Bertz CT molecular complexity index is 1920. The second-order valence-corrected chi connectivity index (χ2v) is 9.30. The number of hydrogen-bond acceptors (Lipinski definition) is 3. The zero-order chi connectivity index (χ0) is 26.7. The standard InChI is InChI=1S/C36H23N3O.Pt/c1-4-14-26(15-5-1)29-20-10-11-23-32(29)39-33-24-12-21-30(27-16-6-2-7-17-27)35(33)38-36(39)40-34-25-13-22-31(37-34)28-18-8-3-9-19-28;/h1-16,18,20-25H;/q-2;+2. The second kappa shape index (κ2) is 11.8. The monoisotopic (exact) mass is 708 g/mol.